The molecular weight excluding hydrogens is 252 g/mol. The summed E-state index contributed by atoms with van der Waals surface area (Å²) < 4.78 is 5.75. The largest absolute Gasteiger partial charge is 0.375 e. The van der Waals surface area contributed by atoms with Crippen LogP contribution >= 0.6 is 0 Å². The van der Waals surface area contributed by atoms with Crippen LogP contribution in [0.4, 0.5) is 11.8 Å². The molecular formula is C15H20N4O. The van der Waals surface area contributed by atoms with Gasteiger partial charge in [-0.25, -0.2) is 4.98 Å². The van der Waals surface area contributed by atoms with Crippen LogP contribution in [0.15, 0.2) is 24.3 Å². The Morgan fingerprint density at radius 1 is 1.35 bits per heavy atom. The second-order valence-corrected chi connectivity index (χ2v) is 4.99. The first kappa shape index (κ1) is 13.1. The minimum Gasteiger partial charge on any atom is -0.375 e. The van der Waals surface area contributed by atoms with Crippen molar-refractivity contribution in [2.24, 2.45) is 0 Å². The number of nitrogens with one attached hydrogen (secondary N) is 1. The quantitative estimate of drug-likeness (QED) is 0.929. The number of hydrogen-bond acceptors (Lipinski definition) is 5. The molecule has 0 saturated carbocycles. The SMILES string of the molecule is CCC1CN(c2nc(NC)nc3ccccc23)CCO1. The lowest BCUT2D eigenvalue weighted by molar-refractivity contribution is 0.0383. The van der Waals surface area contributed by atoms with Crippen molar-refractivity contribution >= 4 is 22.7 Å². The second kappa shape index (κ2) is 5.63. The molecule has 1 saturated heterocycles. The van der Waals surface area contributed by atoms with E-state index in [4.69, 9.17) is 4.74 Å². The summed E-state index contributed by atoms with van der Waals surface area (Å²) in [5.74, 6) is 1.67. The molecule has 0 spiro atoms. The minimum absolute atomic E-state index is 0.288. The van der Waals surface area contributed by atoms with Gasteiger partial charge in [-0.2, -0.15) is 4.98 Å². The number of nitrogens with zero attached hydrogens (tertiary/aromatic N) is 3. The Balaban J connectivity index is 2.04. The predicted octanol–water partition coefficient (Wildman–Crippen LogP) is 2.29. The Morgan fingerprint density at radius 2 is 2.20 bits per heavy atom. The van der Waals surface area contributed by atoms with Crippen molar-refractivity contribution in [1.82, 2.24) is 9.97 Å². The summed E-state index contributed by atoms with van der Waals surface area (Å²) in [5.41, 5.74) is 0.974. The van der Waals surface area contributed by atoms with Gasteiger partial charge >= 0.3 is 0 Å². The lowest BCUT2D eigenvalue weighted by atomic mass is 10.2. The van der Waals surface area contributed by atoms with Gasteiger partial charge in [0.25, 0.3) is 0 Å². The van der Waals surface area contributed by atoms with E-state index >= 15 is 0 Å². The number of benzene rings is 1. The van der Waals surface area contributed by atoms with E-state index in [2.05, 4.69) is 33.2 Å². The van der Waals surface area contributed by atoms with Gasteiger partial charge in [-0.1, -0.05) is 19.1 Å². The van der Waals surface area contributed by atoms with Crippen LogP contribution in [0.25, 0.3) is 10.9 Å². The molecule has 1 aromatic heterocycles. The van der Waals surface area contributed by atoms with E-state index in [9.17, 15) is 0 Å². The molecule has 5 heteroatoms. The first-order valence-electron chi connectivity index (χ1n) is 7.13. The standard InChI is InChI=1S/C15H20N4O/c1-3-11-10-19(8-9-20-11)14-12-6-4-5-7-13(12)17-15(16-2)18-14/h4-7,11H,3,8-10H2,1-2H3,(H,16,17,18). The average Bonchev–Trinajstić information content (AvgIpc) is 2.53. The Hall–Kier alpha value is -1.88. The third-order valence-corrected chi connectivity index (χ3v) is 3.70. The number of hydrogen-bond donors (Lipinski definition) is 1. The fourth-order valence-electron chi connectivity index (χ4n) is 2.57. The molecule has 0 bridgehead atoms. The van der Waals surface area contributed by atoms with Crippen molar-refractivity contribution in [2.45, 2.75) is 19.4 Å². The predicted molar refractivity (Wildman–Crippen MR) is 81.3 cm³/mol. The molecule has 1 aliphatic rings. The monoisotopic (exact) mass is 272 g/mol. The highest BCUT2D eigenvalue weighted by Gasteiger charge is 2.22. The molecule has 0 radical (unpaired) electrons. The number of ether oxygens (including phenoxy) is 1. The number of rotatable bonds is 3. The van der Waals surface area contributed by atoms with Crippen molar-refractivity contribution in [2.75, 3.05) is 37.0 Å². The van der Waals surface area contributed by atoms with Gasteiger partial charge in [0.15, 0.2) is 0 Å². The summed E-state index contributed by atoms with van der Waals surface area (Å²) in [6, 6.07) is 8.15. The highest BCUT2D eigenvalue weighted by molar-refractivity contribution is 5.90. The van der Waals surface area contributed by atoms with Crippen molar-refractivity contribution in [1.29, 1.82) is 0 Å². The summed E-state index contributed by atoms with van der Waals surface area (Å²) in [7, 11) is 1.85. The van der Waals surface area contributed by atoms with Gasteiger partial charge in [0.2, 0.25) is 5.95 Å². The van der Waals surface area contributed by atoms with Crippen molar-refractivity contribution in [3.8, 4) is 0 Å². The molecule has 1 unspecified atom stereocenters. The lowest BCUT2D eigenvalue weighted by Crippen LogP contribution is -2.42. The normalized spacial score (nSPS) is 19.3. The summed E-state index contributed by atoms with van der Waals surface area (Å²) in [6.07, 6.45) is 1.31. The zero-order valence-electron chi connectivity index (χ0n) is 12.0. The molecule has 1 N–H and O–H groups in total. The van der Waals surface area contributed by atoms with E-state index in [1.807, 2.05) is 25.2 Å². The fourth-order valence-corrected chi connectivity index (χ4v) is 2.57. The van der Waals surface area contributed by atoms with Crippen LogP contribution in [-0.2, 0) is 4.74 Å². The van der Waals surface area contributed by atoms with E-state index < -0.39 is 0 Å². The van der Waals surface area contributed by atoms with Crippen LogP contribution < -0.4 is 10.2 Å². The van der Waals surface area contributed by atoms with Crippen LogP contribution in [0.5, 0.6) is 0 Å². The first-order chi connectivity index (χ1) is 9.81. The van der Waals surface area contributed by atoms with Crippen LogP contribution in [-0.4, -0.2) is 42.8 Å². The molecule has 0 amide bonds. The highest BCUT2D eigenvalue weighted by Crippen LogP contribution is 2.26. The van der Waals surface area contributed by atoms with E-state index in [-0.39, 0.29) is 6.10 Å². The van der Waals surface area contributed by atoms with Crippen molar-refractivity contribution < 1.29 is 4.74 Å². The van der Waals surface area contributed by atoms with Gasteiger partial charge in [0, 0.05) is 25.5 Å². The molecule has 0 aliphatic carbocycles. The van der Waals surface area contributed by atoms with Gasteiger partial charge in [0.1, 0.15) is 5.82 Å². The Bertz CT molecular complexity index is 601. The molecule has 20 heavy (non-hydrogen) atoms. The maximum Gasteiger partial charge on any atom is 0.224 e. The molecule has 5 nitrogen and oxygen atoms in total. The van der Waals surface area contributed by atoms with Crippen LogP contribution in [0.1, 0.15) is 13.3 Å². The first-order valence-corrected chi connectivity index (χ1v) is 7.13. The Labute approximate surface area is 119 Å². The number of aromatic nitrogens is 2. The summed E-state index contributed by atoms with van der Waals surface area (Å²) in [5, 5.41) is 4.14. The Morgan fingerprint density at radius 3 is 3.00 bits per heavy atom. The zero-order valence-corrected chi connectivity index (χ0v) is 12.0. The topological polar surface area (TPSA) is 50.3 Å². The van der Waals surface area contributed by atoms with Crippen molar-refractivity contribution in [3.05, 3.63) is 24.3 Å². The van der Waals surface area contributed by atoms with Crippen LogP contribution in [0.3, 0.4) is 0 Å². The Kier molecular flexibility index (Phi) is 3.69. The molecule has 1 atom stereocenters. The second-order valence-electron chi connectivity index (χ2n) is 4.99. The molecule has 1 aliphatic heterocycles. The third kappa shape index (κ3) is 2.41. The summed E-state index contributed by atoms with van der Waals surface area (Å²) in [6.45, 7) is 4.68. The number of anilines is 2. The molecule has 2 aromatic rings. The van der Waals surface area contributed by atoms with E-state index in [1.165, 1.54) is 0 Å². The van der Waals surface area contributed by atoms with Crippen LogP contribution in [0.2, 0.25) is 0 Å². The third-order valence-electron chi connectivity index (χ3n) is 3.70. The maximum atomic E-state index is 5.75. The fraction of sp³-hybridized carbons (Fsp3) is 0.467. The van der Waals surface area contributed by atoms with E-state index in [0.717, 1.165) is 42.8 Å². The molecule has 1 aromatic carbocycles. The lowest BCUT2D eigenvalue weighted by Gasteiger charge is -2.34. The molecule has 106 valence electrons. The molecule has 3 rings (SSSR count). The summed E-state index contributed by atoms with van der Waals surface area (Å²) in [4.78, 5) is 11.5. The zero-order chi connectivity index (χ0) is 13.9. The van der Waals surface area contributed by atoms with Crippen LogP contribution in [0, 0.1) is 0 Å². The van der Waals surface area contributed by atoms with Gasteiger partial charge < -0.3 is 15.0 Å². The van der Waals surface area contributed by atoms with Gasteiger partial charge in [0.05, 0.1) is 18.2 Å². The number of morpholine rings is 1. The van der Waals surface area contributed by atoms with Crippen molar-refractivity contribution in [3.63, 3.8) is 0 Å². The molecule has 2 heterocycles. The van der Waals surface area contributed by atoms with E-state index in [1.54, 1.807) is 0 Å². The van der Waals surface area contributed by atoms with Gasteiger partial charge in [-0.05, 0) is 18.6 Å². The maximum absolute atomic E-state index is 5.75. The molecule has 1 fully saturated rings. The smallest absolute Gasteiger partial charge is 0.224 e. The highest BCUT2D eigenvalue weighted by atomic mass is 16.5. The number of para-hydroxylation sites is 1. The number of fused-ring (bicyclic) bond motifs is 1. The van der Waals surface area contributed by atoms with Gasteiger partial charge in [-0.3, -0.25) is 0 Å². The average molecular weight is 272 g/mol. The van der Waals surface area contributed by atoms with E-state index in [0.29, 0.717) is 5.95 Å². The minimum atomic E-state index is 0.288. The summed E-state index contributed by atoms with van der Waals surface area (Å²) >= 11 is 0. The van der Waals surface area contributed by atoms with Gasteiger partial charge in [-0.15, -0.1) is 0 Å².